The van der Waals surface area contributed by atoms with Gasteiger partial charge in [-0.25, -0.2) is 0 Å². The van der Waals surface area contributed by atoms with E-state index in [1.54, 1.807) is 0 Å². The number of hydrogen-bond donors (Lipinski definition) is 0. The molecule has 0 spiro atoms. The van der Waals surface area contributed by atoms with Crippen LogP contribution in [-0.2, 0) is 0 Å². The number of halogens is 14. The Hall–Kier alpha value is 0.250. The first kappa shape index (κ1) is 47.2. The zero-order chi connectivity index (χ0) is 36.7. The van der Waals surface area contributed by atoms with E-state index in [9.17, 15) is 48.3 Å². The van der Waals surface area contributed by atoms with Gasteiger partial charge in [-0.15, -0.1) is 0 Å². The summed E-state index contributed by atoms with van der Waals surface area (Å²) in [6, 6.07) is 0. The van der Waals surface area contributed by atoms with Crippen LogP contribution < -0.4 is 0 Å². The fraction of sp³-hybridized carbons (Fsp3) is 1.00. The molecule has 0 fully saturated rings. The summed E-state index contributed by atoms with van der Waals surface area (Å²) in [5.74, 6) is -36.5. The molecule has 0 rings (SSSR count). The average molecular weight is 845 g/mol. The van der Waals surface area contributed by atoms with Gasteiger partial charge in [0.25, 0.3) is 0 Å². The minimum atomic E-state index is -7.85. The molecule has 286 valence electrons. The van der Waals surface area contributed by atoms with Gasteiger partial charge in [0.05, 0.1) is 0 Å². The van der Waals surface area contributed by atoms with E-state index >= 15 is 8.78 Å². The van der Waals surface area contributed by atoms with Crippen molar-refractivity contribution >= 4 is 26.3 Å². The Morgan fingerprint density at radius 1 is 0.362 bits per heavy atom. The Morgan fingerprint density at radius 3 is 0.936 bits per heavy atom. The van der Waals surface area contributed by atoms with E-state index in [-0.39, 0.29) is 0 Å². The molecule has 0 aliphatic heterocycles. The molecule has 0 aromatic rings. The second kappa shape index (κ2) is 19.7. The van der Waals surface area contributed by atoms with Gasteiger partial charge >= 0.3 is 287 Å². The Labute approximate surface area is 285 Å². The molecule has 47 heavy (non-hydrogen) atoms. The monoisotopic (exact) mass is 844 g/mol. The Bertz CT molecular complexity index is 819. The van der Waals surface area contributed by atoms with Crippen molar-refractivity contribution in [2.24, 2.45) is 0 Å². The third-order valence-electron chi connectivity index (χ3n) is 9.19. The van der Waals surface area contributed by atoms with Crippen molar-refractivity contribution in [3.63, 3.8) is 0 Å². The maximum absolute atomic E-state index is 15.1. The fourth-order valence-corrected chi connectivity index (χ4v) is 14.9. The standard InChI is InChI=1S/C32H55F13IP/c1-4-7-10-13-16-19-23-47(46,24-20-17-14-11-8-5-2,25-21-18-15-12-9-6-3)26-22-27(33,34)28(35,36)29(37,38)30(39,40)31(41,42)32(43,44)45/h4-26H2,1-3H3. The molecule has 0 aliphatic rings. The zero-order valence-electron chi connectivity index (χ0n) is 28.0. The quantitative estimate of drug-likeness (QED) is 0.0319. The summed E-state index contributed by atoms with van der Waals surface area (Å²) in [5, 5.41) is 0. The summed E-state index contributed by atoms with van der Waals surface area (Å²) in [6.45, 7) is 6.08. The van der Waals surface area contributed by atoms with Crippen LogP contribution in [0.15, 0.2) is 0 Å². The van der Waals surface area contributed by atoms with Crippen molar-refractivity contribution in [1.82, 2.24) is 0 Å². The van der Waals surface area contributed by atoms with Gasteiger partial charge in [-0.2, -0.15) is 0 Å². The van der Waals surface area contributed by atoms with Crippen LogP contribution in [0.2, 0.25) is 0 Å². The molecule has 0 atom stereocenters. The van der Waals surface area contributed by atoms with Crippen LogP contribution in [-0.4, -0.2) is 60.4 Å². The first-order valence-electron chi connectivity index (χ1n) is 17.1. The van der Waals surface area contributed by atoms with Crippen molar-refractivity contribution in [2.45, 2.75) is 179 Å². The predicted molar refractivity (Wildman–Crippen MR) is 176 cm³/mol. The Kier molecular flexibility index (Phi) is 19.9. The van der Waals surface area contributed by atoms with E-state index in [1.165, 1.54) is 0 Å². The van der Waals surface area contributed by atoms with Crippen molar-refractivity contribution in [2.75, 3.05) is 24.6 Å². The maximum atomic E-state index is 15.1. The normalized spacial score (nSPS) is 15.2. The van der Waals surface area contributed by atoms with Crippen molar-refractivity contribution < 1.29 is 57.1 Å². The van der Waals surface area contributed by atoms with Gasteiger partial charge in [0.1, 0.15) is 0 Å². The van der Waals surface area contributed by atoms with Gasteiger partial charge in [-0.3, -0.25) is 0 Å². The third-order valence-corrected chi connectivity index (χ3v) is 20.6. The molecule has 0 N–H and O–H groups in total. The molecule has 0 aromatic carbocycles. The van der Waals surface area contributed by atoms with E-state index in [4.69, 9.17) is 0 Å². The Balaban J connectivity index is 6.45. The van der Waals surface area contributed by atoms with E-state index in [2.05, 4.69) is 22.0 Å². The molecule has 0 aromatic heterocycles. The summed E-state index contributed by atoms with van der Waals surface area (Å²) >= 11 is 2.09. The van der Waals surface area contributed by atoms with Crippen LogP contribution in [0.3, 0.4) is 0 Å². The number of alkyl halides is 13. The van der Waals surface area contributed by atoms with Gasteiger partial charge < -0.3 is 0 Å². The van der Waals surface area contributed by atoms with Gasteiger partial charge in [0, 0.05) is 0 Å². The van der Waals surface area contributed by atoms with E-state index in [0.717, 1.165) is 96.3 Å². The zero-order valence-corrected chi connectivity index (χ0v) is 31.1. The van der Waals surface area contributed by atoms with Gasteiger partial charge in [-0.1, -0.05) is 0 Å². The molecule has 0 heterocycles. The number of hydrogen-bond acceptors (Lipinski definition) is 0. The van der Waals surface area contributed by atoms with E-state index in [1.807, 2.05) is 20.8 Å². The van der Waals surface area contributed by atoms with Crippen molar-refractivity contribution in [3.8, 4) is 0 Å². The first-order valence-corrected chi connectivity index (χ1v) is 22.9. The summed E-state index contributed by atoms with van der Waals surface area (Å²) < 4.78 is 177. The van der Waals surface area contributed by atoms with Gasteiger partial charge in [-0.05, 0) is 0 Å². The molecular weight excluding hydrogens is 789 g/mol. The van der Waals surface area contributed by atoms with E-state index < -0.39 is 52.6 Å². The summed E-state index contributed by atoms with van der Waals surface area (Å²) in [7, 11) is 0. The molecule has 0 saturated carbocycles. The topological polar surface area (TPSA) is 0 Å². The third kappa shape index (κ3) is 13.1. The molecule has 0 aliphatic carbocycles. The molecular formula is C32H55F13IP. The van der Waals surface area contributed by atoms with Crippen LogP contribution in [0.1, 0.15) is 143 Å². The summed E-state index contributed by atoms with van der Waals surface area (Å²) in [4.78, 5) is 0. The van der Waals surface area contributed by atoms with Crippen molar-refractivity contribution in [3.05, 3.63) is 0 Å². The second-order valence-electron chi connectivity index (χ2n) is 13.3. The Morgan fingerprint density at radius 2 is 0.638 bits per heavy atom. The van der Waals surface area contributed by atoms with Crippen LogP contribution in [0.5, 0.6) is 0 Å². The van der Waals surface area contributed by atoms with Crippen LogP contribution in [0.4, 0.5) is 57.1 Å². The molecule has 0 bridgehead atoms. The average Bonchev–Trinajstić information content (AvgIpc) is 2.97. The summed E-state index contributed by atoms with van der Waals surface area (Å²) in [6.07, 6.45) is 6.02. The van der Waals surface area contributed by atoms with Crippen LogP contribution in [0.25, 0.3) is 0 Å². The van der Waals surface area contributed by atoms with E-state index in [0.29, 0.717) is 37.7 Å². The fourth-order valence-electron chi connectivity index (χ4n) is 5.91. The minimum absolute atomic E-state index is 0.378. The number of rotatable bonds is 28. The second-order valence-corrected chi connectivity index (χ2v) is 26.9. The molecule has 15 heteroatoms. The number of unbranched alkanes of at least 4 members (excludes halogenated alkanes) is 15. The molecule has 0 unspecified atom stereocenters. The van der Waals surface area contributed by atoms with Gasteiger partial charge in [0.2, 0.25) is 0 Å². The van der Waals surface area contributed by atoms with Gasteiger partial charge in [0.15, 0.2) is 0 Å². The van der Waals surface area contributed by atoms with Crippen molar-refractivity contribution in [1.29, 1.82) is 0 Å². The molecule has 0 nitrogen and oxygen atoms in total. The van der Waals surface area contributed by atoms with Crippen LogP contribution in [0, 0.1) is 0 Å². The predicted octanol–water partition coefficient (Wildman–Crippen LogP) is 15.1. The SMILES string of the molecule is CCCCCCCCP(I)(CCCCCCCC)(CCCCCCCC)CCC(F)(F)C(F)(F)C(F)(F)C(F)(F)C(F)(F)C(F)(F)F. The van der Waals surface area contributed by atoms with Crippen LogP contribution >= 0.6 is 26.3 Å². The molecule has 0 amide bonds. The molecule has 0 radical (unpaired) electrons. The summed E-state index contributed by atoms with van der Waals surface area (Å²) in [5.41, 5.74) is 0. The molecule has 0 saturated heterocycles. The first-order chi connectivity index (χ1) is 21.4.